The van der Waals surface area contributed by atoms with Crippen LogP contribution in [0.15, 0.2) is 18.2 Å². The van der Waals surface area contributed by atoms with Crippen LogP contribution in [-0.2, 0) is 6.54 Å². The quantitative estimate of drug-likeness (QED) is 0.646. The van der Waals surface area contributed by atoms with E-state index < -0.39 is 23.7 Å². The van der Waals surface area contributed by atoms with E-state index in [-0.39, 0.29) is 17.3 Å². The third-order valence-electron chi connectivity index (χ3n) is 2.28. The number of hydrogen-bond acceptors (Lipinski definition) is 4. The third kappa shape index (κ3) is 4.66. The molecular weight excluding hydrogens is 289 g/mol. The minimum atomic E-state index is -4.69. The number of aliphatic hydroxyl groups is 1. The summed E-state index contributed by atoms with van der Waals surface area (Å²) in [5, 5.41) is 21.6. The van der Waals surface area contributed by atoms with Gasteiger partial charge in [-0.15, -0.1) is 0 Å². The molecule has 9 heteroatoms. The first kappa shape index (κ1) is 15.7. The third-order valence-corrected chi connectivity index (χ3v) is 2.63. The van der Waals surface area contributed by atoms with E-state index in [0.717, 1.165) is 6.07 Å². The first-order valence-electron chi connectivity index (χ1n) is 5.10. The maximum atomic E-state index is 12.0. The molecule has 0 heterocycles. The van der Waals surface area contributed by atoms with Crippen molar-refractivity contribution in [2.24, 2.45) is 0 Å². The molecule has 0 radical (unpaired) electrons. The number of aliphatic hydroxyl groups excluding tert-OH is 1. The maximum absolute atomic E-state index is 12.0. The lowest BCUT2D eigenvalue weighted by Gasteiger charge is -2.15. The topological polar surface area (TPSA) is 75.4 Å². The molecule has 5 nitrogen and oxygen atoms in total. The van der Waals surface area contributed by atoms with E-state index in [1.807, 2.05) is 0 Å². The molecule has 1 aromatic carbocycles. The van der Waals surface area contributed by atoms with Crippen molar-refractivity contribution in [2.45, 2.75) is 18.8 Å². The molecule has 2 N–H and O–H groups in total. The average molecular weight is 299 g/mol. The molecule has 0 saturated heterocycles. The van der Waals surface area contributed by atoms with E-state index in [0.29, 0.717) is 5.56 Å². The molecule has 0 amide bonds. The Balaban J connectivity index is 2.57. The van der Waals surface area contributed by atoms with Crippen LogP contribution in [0.3, 0.4) is 0 Å². The summed E-state index contributed by atoms with van der Waals surface area (Å²) in [5.74, 6) is 0. The summed E-state index contributed by atoms with van der Waals surface area (Å²) in [6, 6.07) is 3.65. The lowest BCUT2D eigenvalue weighted by atomic mass is 10.2. The van der Waals surface area contributed by atoms with Gasteiger partial charge in [0.15, 0.2) is 6.10 Å². The lowest BCUT2D eigenvalue weighted by Crippen LogP contribution is -2.38. The highest BCUT2D eigenvalue weighted by molar-refractivity contribution is 6.31. The smallest absolute Gasteiger partial charge is 0.382 e. The number of nitrogens with one attached hydrogen (secondary N) is 1. The summed E-state index contributed by atoms with van der Waals surface area (Å²) in [5.41, 5.74) is 0.200. The average Bonchev–Trinajstić information content (AvgIpc) is 2.29. The van der Waals surface area contributed by atoms with Gasteiger partial charge in [0.05, 0.1) is 9.95 Å². The predicted molar refractivity (Wildman–Crippen MR) is 61.9 cm³/mol. The van der Waals surface area contributed by atoms with Crippen LogP contribution in [0.5, 0.6) is 0 Å². The summed E-state index contributed by atoms with van der Waals surface area (Å²) in [6.07, 6.45) is -7.16. The fourth-order valence-corrected chi connectivity index (χ4v) is 1.49. The molecule has 1 unspecified atom stereocenters. The van der Waals surface area contributed by atoms with Gasteiger partial charge in [-0.25, -0.2) is 0 Å². The van der Waals surface area contributed by atoms with Crippen molar-refractivity contribution in [2.75, 3.05) is 6.54 Å². The van der Waals surface area contributed by atoms with Crippen LogP contribution in [0.2, 0.25) is 5.02 Å². The molecule has 1 rings (SSSR count). The molecule has 0 spiro atoms. The monoisotopic (exact) mass is 298 g/mol. The first-order chi connectivity index (χ1) is 8.71. The van der Waals surface area contributed by atoms with E-state index in [1.165, 1.54) is 12.1 Å². The number of alkyl halides is 3. The standard InChI is InChI=1S/C10H10ClF3N2O3/c11-8-3-7(16(18)19)2-1-6(8)4-15-5-9(17)10(12,13)14/h1-3,9,15,17H,4-5H2. The number of non-ortho nitro benzene ring substituents is 1. The first-order valence-corrected chi connectivity index (χ1v) is 5.48. The van der Waals surface area contributed by atoms with E-state index >= 15 is 0 Å². The van der Waals surface area contributed by atoms with Crippen molar-refractivity contribution in [3.63, 3.8) is 0 Å². The number of nitro groups is 1. The SMILES string of the molecule is O=[N+]([O-])c1ccc(CNCC(O)C(F)(F)F)c(Cl)c1. The molecule has 0 bridgehead atoms. The molecular formula is C10H10ClF3N2O3. The van der Waals surface area contributed by atoms with Gasteiger partial charge < -0.3 is 10.4 Å². The van der Waals surface area contributed by atoms with Gasteiger partial charge in [-0.3, -0.25) is 10.1 Å². The zero-order chi connectivity index (χ0) is 14.6. The summed E-state index contributed by atoms with van der Waals surface area (Å²) >= 11 is 5.75. The van der Waals surface area contributed by atoms with Crippen LogP contribution in [0.25, 0.3) is 0 Å². The van der Waals surface area contributed by atoms with Gasteiger partial charge in [-0.2, -0.15) is 13.2 Å². The summed E-state index contributed by atoms with van der Waals surface area (Å²) in [6.45, 7) is -0.721. The highest BCUT2D eigenvalue weighted by Gasteiger charge is 2.37. The molecule has 0 aromatic heterocycles. The van der Waals surface area contributed by atoms with Gasteiger partial charge in [0.1, 0.15) is 0 Å². The van der Waals surface area contributed by atoms with Crippen molar-refractivity contribution < 1.29 is 23.2 Å². The van der Waals surface area contributed by atoms with E-state index in [4.69, 9.17) is 16.7 Å². The predicted octanol–water partition coefficient (Wildman–Crippen LogP) is 2.26. The number of nitrogens with zero attached hydrogens (tertiary/aromatic N) is 1. The Hall–Kier alpha value is -1.38. The summed E-state index contributed by atoms with van der Waals surface area (Å²) < 4.78 is 36.0. The molecule has 0 saturated carbocycles. The van der Waals surface area contributed by atoms with Crippen LogP contribution >= 0.6 is 11.6 Å². The van der Waals surface area contributed by atoms with Crippen LogP contribution in [0.1, 0.15) is 5.56 Å². The van der Waals surface area contributed by atoms with E-state index in [9.17, 15) is 23.3 Å². The molecule has 0 aliphatic rings. The van der Waals surface area contributed by atoms with Crippen molar-refractivity contribution in [3.05, 3.63) is 38.9 Å². The van der Waals surface area contributed by atoms with Gasteiger partial charge in [-0.05, 0) is 11.6 Å². The minimum Gasteiger partial charge on any atom is -0.382 e. The lowest BCUT2D eigenvalue weighted by molar-refractivity contribution is -0.384. The number of nitro benzene ring substituents is 1. The van der Waals surface area contributed by atoms with Gasteiger partial charge in [-0.1, -0.05) is 11.6 Å². The van der Waals surface area contributed by atoms with Crippen molar-refractivity contribution in [1.29, 1.82) is 0 Å². The molecule has 0 fully saturated rings. The van der Waals surface area contributed by atoms with Gasteiger partial charge in [0.25, 0.3) is 5.69 Å². The van der Waals surface area contributed by atoms with Gasteiger partial charge >= 0.3 is 6.18 Å². The Morgan fingerprint density at radius 3 is 2.58 bits per heavy atom. The fourth-order valence-electron chi connectivity index (χ4n) is 1.25. The second-order valence-electron chi connectivity index (χ2n) is 3.72. The Kier molecular flexibility index (Phi) is 5.10. The van der Waals surface area contributed by atoms with Gasteiger partial charge in [0.2, 0.25) is 0 Å². The Morgan fingerprint density at radius 1 is 1.47 bits per heavy atom. The molecule has 1 aromatic rings. The molecule has 19 heavy (non-hydrogen) atoms. The molecule has 0 aliphatic carbocycles. The van der Waals surface area contributed by atoms with Crippen LogP contribution in [0.4, 0.5) is 18.9 Å². The Labute approximate surface area is 111 Å². The van der Waals surface area contributed by atoms with Crippen LogP contribution in [0, 0.1) is 10.1 Å². The number of hydrogen-bond donors (Lipinski definition) is 2. The maximum Gasteiger partial charge on any atom is 0.415 e. The second-order valence-corrected chi connectivity index (χ2v) is 4.13. The fraction of sp³-hybridized carbons (Fsp3) is 0.400. The van der Waals surface area contributed by atoms with Crippen LogP contribution in [-0.4, -0.2) is 28.9 Å². The molecule has 106 valence electrons. The van der Waals surface area contributed by atoms with E-state index in [1.54, 1.807) is 0 Å². The highest BCUT2D eigenvalue weighted by atomic mass is 35.5. The minimum absolute atomic E-state index is 0.0377. The number of rotatable bonds is 5. The normalized spacial score (nSPS) is 13.3. The Bertz CT molecular complexity index is 468. The summed E-state index contributed by atoms with van der Waals surface area (Å²) in [7, 11) is 0. The van der Waals surface area contributed by atoms with Gasteiger partial charge in [0, 0.05) is 25.2 Å². The molecule has 0 aliphatic heterocycles. The number of halogens is 4. The molecule has 1 atom stereocenters. The highest BCUT2D eigenvalue weighted by Crippen LogP contribution is 2.23. The zero-order valence-corrected chi connectivity index (χ0v) is 10.2. The second kappa shape index (κ2) is 6.18. The summed E-state index contributed by atoms with van der Waals surface area (Å²) in [4.78, 5) is 9.82. The van der Waals surface area contributed by atoms with Crippen LogP contribution < -0.4 is 5.32 Å². The van der Waals surface area contributed by atoms with Crippen molar-refractivity contribution >= 4 is 17.3 Å². The number of benzene rings is 1. The largest absolute Gasteiger partial charge is 0.415 e. The zero-order valence-electron chi connectivity index (χ0n) is 9.45. The van der Waals surface area contributed by atoms with E-state index in [2.05, 4.69) is 5.32 Å². The van der Waals surface area contributed by atoms with Crippen molar-refractivity contribution in [3.8, 4) is 0 Å². The Morgan fingerprint density at radius 2 is 2.11 bits per heavy atom. The van der Waals surface area contributed by atoms with Crippen molar-refractivity contribution in [1.82, 2.24) is 5.32 Å².